The van der Waals surface area contributed by atoms with E-state index in [0.29, 0.717) is 5.82 Å². The monoisotopic (exact) mass is 211 g/mol. The van der Waals surface area contributed by atoms with Gasteiger partial charge in [-0.2, -0.15) is 0 Å². The molecule has 2 heterocycles. The maximum atomic E-state index is 5.90. The van der Waals surface area contributed by atoms with Crippen LogP contribution in [0.1, 0.15) is 19.8 Å². The van der Waals surface area contributed by atoms with E-state index in [1.165, 1.54) is 16.4 Å². The molecule has 0 aromatic heterocycles. The highest BCUT2D eigenvalue weighted by Crippen LogP contribution is 2.24. The van der Waals surface area contributed by atoms with Crippen LogP contribution in [0.25, 0.3) is 5.57 Å². The first-order chi connectivity index (χ1) is 7.79. The van der Waals surface area contributed by atoms with Gasteiger partial charge in [-0.3, -0.25) is 0 Å². The Labute approximate surface area is 93.7 Å². The molecule has 80 valence electrons. The molecule has 0 spiro atoms. The van der Waals surface area contributed by atoms with Crippen molar-refractivity contribution in [3.8, 4) is 0 Å². The number of amidine groups is 1. The van der Waals surface area contributed by atoms with Crippen LogP contribution in [0, 0.1) is 0 Å². The van der Waals surface area contributed by atoms with Crippen LogP contribution in [-0.4, -0.2) is 5.84 Å². The predicted molar refractivity (Wildman–Crippen MR) is 64.2 cm³/mol. The Kier molecular flexibility index (Phi) is 1.93. The normalized spacial score (nSPS) is 17.8. The predicted octanol–water partition coefficient (Wildman–Crippen LogP) is 0.853. The molecule has 16 heavy (non-hydrogen) atoms. The summed E-state index contributed by atoms with van der Waals surface area (Å²) in [4.78, 5) is 8.87. The Balaban J connectivity index is 2.27. The summed E-state index contributed by atoms with van der Waals surface area (Å²) in [5.41, 5.74) is 8.34. The zero-order chi connectivity index (χ0) is 11.1. The van der Waals surface area contributed by atoms with Gasteiger partial charge in [-0.25, -0.2) is 9.98 Å². The number of rotatable bonds is 1. The Hall–Kier alpha value is -1.90. The molecule has 2 aliphatic heterocycles. The molecule has 0 saturated heterocycles. The molecule has 0 radical (unpaired) electrons. The van der Waals surface area contributed by atoms with Gasteiger partial charge in [-0.15, -0.1) is 0 Å². The maximum Gasteiger partial charge on any atom is 0.159 e. The van der Waals surface area contributed by atoms with E-state index in [1.807, 2.05) is 18.2 Å². The van der Waals surface area contributed by atoms with Crippen LogP contribution < -0.4 is 16.3 Å². The van der Waals surface area contributed by atoms with Gasteiger partial charge in [0.05, 0.1) is 5.36 Å². The highest BCUT2D eigenvalue weighted by Gasteiger charge is 2.20. The highest BCUT2D eigenvalue weighted by molar-refractivity contribution is 6.20. The Morgan fingerprint density at radius 2 is 2.06 bits per heavy atom. The minimum atomic E-state index is 0.651. The first-order valence-corrected chi connectivity index (χ1v) is 5.53. The molecule has 0 aliphatic carbocycles. The van der Waals surface area contributed by atoms with Crippen molar-refractivity contribution < 1.29 is 0 Å². The molecule has 3 heteroatoms. The smallest absolute Gasteiger partial charge is 0.159 e. The third-order valence-corrected chi connectivity index (χ3v) is 3.13. The Morgan fingerprint density at radius 3 is 2.88 bits per heavy atom. The molecule has 0 unspecified atom stereocenters. The number of allylic oxidation sites excluding steroid dienone is 1. The lowest BCUT2D eigenvalue weighted by Gasteiger charge is -2.14. The number of aliphatic imine (C=N–C) groups is 1. The number of benzene rings is 1. The molecular formula is C13H13N3. The molecule has 0 amide bonds. The lowest BCUT2D eigenvalue weighted by Crippen LogP contribution is -2.23. The van der Waals surface area contributed by atoms with Gasteiger partial charge >= 0.3 is 0 Å². The number of fused-ring (bicyclic) bond motifs is 2. The summed E-state index contributed by atoms with van der Waals surface area (Å²) in [6.45, 7) is 2.11. The van der Waals surface area contributed by atoms with Gasteiger partial charge in [0, 0.05) is 17.2 Å². The maximum absolute atomic E-state index is 5.90. The highest BCUT2D eigenvalue weighted by atomic mass is 15.0. The van der Waals surface area contributed by atoms with Gasteiger partial charge < -0.3 is 5.73 Å². The molecule has 2 aliphatic rings. The Bertz CT molecular complexity index is 635. The van der Waals surface area contributed by atoms with Crippen LogP contribution in [0.15, 0.2) is 45.6 Å². The first kappa shape index (κ1) is 9.33. The van der Waals surface area contributed by atoms with E-state index < -0.39 is 0 Å². The van der Waals surface area contributed by atoms with Crippen LogP contribution >= 0.6 is 0 Å². The summed E-state index contributed by atoms with van der Waals surface area (Å²) in [5, 5.41) is 2.22. The van der Waals surface area contributed by atoms with Gasteiger partial charge in [0.1, 0.15) is 5.82 Å². The number of nitrogens with zero attached hydrogens (tertiary/aromatic N) is 2. The van der Waals surface area contributed by atoms with Crippen molar-refractivity contribution in [2.75, 3.05) is 0 Å². The second-order valence-corrected chi connectivity index (χ2v) is 4.06. The van der Waals surface area contributed by atoms with Crippen LogP contribution in [0.2, 0.25) is 0 Å². The van der Waals surface area contributed by atoms with Crippen LogP contribution in [0.3, 0.4) is 0 Å². The molecule has 0 saturated carbocycles. The van der Waals surface area contributed by atoms with Crippen LogP contribution in [0.5, 0.6) is 0 Å². The van der Waals surface area contributed by atoms with Crippen molar-refractivity contribution in [2.45, 2.75) is 19.8 Å². The fourth-order valence-corrected chi connectivity index (χ4v) is 2.20. The minimum absolute atomic E-state index is 0.651. The molecule has 3 nitrogen and oxygen atoms in total. The van der Waals surface area contributed by atoms with Gasteiger partial charge in [0.15, 0.2) is 5.84 Å². The van der Waals surface area contributed by atoms with Crippen molar-refractivity contribution in [2.24, 2.45) is 15.7 Å². The second-order valence-electron chi connectivity index (χ2n) is 4.06. The van der Waals surface area contributed by atoms with Gasteiger partial charge in [-0.1, -0.05) is 25.1 Å². The molecule has 0 atom stereocenters. The molecule has 0 fully saturated rings. The van der Waals surface area contributed by atoms with Crippen molar-refractivity contribution in [3.05, 3.63) is 46.2 Å². The van der Waals surface area contributed by atoms with E-state index >= 15 is 0 Å². The molecule has 0 bridgehead atoms. The van der Waals surface area contributed by atoms with E-state index in [2.05, 4.69) is 23.0 Å². The van der Waals surface area contributed by atoms with Crippen molar-refractivity contribution >= 4 is 11.4 Å². The zero-order valence-electron chi connectivity index (χ0n) is 9.20. The van der Waals surface area contributed by atoms with Gasteiger partial charge in [0.2, 0.25) is 0 Å². The van der Waals surface area contributed by atoms with Gasteiger partial charge in [-0.05, 0) is 18.1 Å². The first-order valence-electron chi connectivity index (χ1n) is 5.53. The fourth-order valence-electron chi connectivity index (χ4n) is 2.20. The van der Waals surface area contributed by atoms with E-state index in [9.17, 15) is 0 Å². The fraction of sp³-hybridized carbons (Fsp3) is 0.231. The van der Waals surface area contributed by atoms with E-state index in [4.69, 9.17) is 5.73 Å². The molecular weight excluding hydrogens is 198 g/mol. The van der Waals surface area contributed by atoms with Crippen LogP contribution in [0.4, 0.5) is 0 Å². The number of hydrogen-bond acceptors (Lipinski definition) is 3. The molecule has 1 aromatic rings. The second kappa shape index (κ2) is 3.30. The number of para-hydroxylation sites is 1. The summed E-state index contributed by atoms with van der Waals surface area (Å²) in [5.74, 6) is 1.45. The summed E-state index contributed by atoms with van der Waals surface area (Å²) in [6.07, 6.45) is 1.84. The van der Waals surface area contributed by atoms with E-state index in [1.54, 1.807) is 0 Å². The Morgan fingerprint density at radius 1 is 1.25 bits per heavy atom. The minimum Gasteiger partial charge on any atom is -0.384 e. The van der Waals surface area contributed by atoms with Gasteiger partial charge in [0.25, 0.3) is 0 Å². The summed E-state index contributed by atoms with van der Waals surface area (Å²) < 4.78 is 0. The molecule has 2 N–H and O–H groups in total. The topological polar surface area (TPSA) is 50.7 Å². The standard InChI is InChI=1S/C13H13N3/c1-2-8-7-10-9-5-3-4-6-11(9)15-13(10)16-12(8)14/h3-6H,2,7,14H2,1H3. The lowest BCUT2D eigenvalue weighted by atomic mass is 9.99. The quantitative estimate of drug-likeness (QED) is 0.735. The summed E-state index contributed by atoms with van der Waals surface area (Å²) >= 11 is 0. The third-order valence-electron chi connectivity index (χ3n) is 3.13. The average Bonchev–Trinajstić information content (AvgIpc) is 2.65. The molecule has 3 rings (SSSR count). The number of hydrogen-bond donors (Lipinski definition) is 1. The van der Waals surface area contributed by atoms with Crippen molar-refractivity contribution in [1.29, 1.82) is 0 Å². The average molecular weight is 211 g/mol. The van der Waals surface area contributed by atoms with E-state index in [0.717, 1.165) is 24.0 Å². The number of nitrogens with two attached hydrogens (primary N) is 1. The largest absolute Gasteiger partial charge is 0.384 e. The zero-order valence-corrected chi connectivity index (χ0v) is 9.20. The SMILES string of the molecule is CCC1=C(N)N=C2N=c3ccccc3=C2C1. The van der Waals surface area contributed by atoms with E-state index in [-0.39, 0.29) is 0 Å². The molecule has 1 aromatic carbocycles. The summed E-state index contributed by atoms with van der Waals surface area (Å²) in [6, 6.07) is 8.16. The van der Waals surface area contributed by atoms with Crippen molar-refractivity contribution in [3.63, 3.8) is 0 Å². The van der Waals surface area contributed by atoms with Crippen LogP contribution in [-0.2, 0) is 0 Å². The lowest BCUT2D eigenvalue weighted by molar-refractivity contribution is 0.966. The summed E-state index contributed by atoms with van der Waals surface area (Å²) in [7, 11) is 0. The van der Waals surface area contributed by atoms with Crippen molar-refractivity contribution in [1.82, 2.24) is 0 Å². The third kappa shape index (κ3) is 1.21.